The molecule has 0 aliphatic heterocycles. The van der Waals surface area contributed by atoms with Crippen LogP contribution in [0.25, 0.3) is 0 Å². The van der Waals surface area contributed by atoms with Crippen molar-refractivity contribution in [3.63, 3.8) is 0 Å². The van der Waals surface area contributed by atoms with Crippen LogP contribution in [0.5, 0.6) is 0 Å². The van der Waals surface area contributed by atoms with Crippen molar-refractivity contribution in [3.05, 3.63) is 0 Å². The molecule has 0 aromatic carbocycles. The number of fused-ring (bicyclic) bond motifs is 1. The molecular weight excluding hydrogens is 136 g/mol. The molecule has 0 aromatic rings. The summed E-state index contributed by atoms with van der Waals surface area (Å²) in [5.41, 5.74) is 0. The average Bonchev–Trinajstić information content (AvgIpc) is 2.35. The molecule has 0 aromatic heterocycles. The van der Waals surface area contributed by atoms with Crippen molar-refractivity contribution < 1.29 is 4.79 Å². The van der Waals surface area contributed by atoms with Crippen molar-refractivity contribution >= 4 is 5.78 Å². The van der Waals surface area contributed by atoms with Crippen LogP contribution < -0.4 is 0 Å². The van der Waals surface area contributed by atoms with Gasteiger partial charge in [0.1, 0.15) is 5.78 Å². The predicted octanol–water partition coefficient (Wildman–Crippen LogP) is 2.40. The van der Waals surface area contributed by atoms with Gasteiger partial charge in [0.2, 0.25) is 0 Å². The summed E-state index contributed by atoms with van der Waals surface area (Å²) in [6.45, 7) is 2.31. The summed E-state index contributed by atoms with van der Waals surface area (Å²) >= 11 is 0. The van der Waals surface area contributed by atoms with E-state index in [1.54, 1.807) is 0 Å². The Morgan fingerprint density at radius 1 is 1.27 bits per heavy atom. The SMILES string of the molecule is C[C@@H]1CCC2C(=O)CCCC21. The van der Waals surface area contributed by atoms with Crippen LogP contribution in [-0.4, -0.2) is 5.78 Å². The first-order valence-corrected chi connectivity index (χ1v) is 4.82. The van der Waals surface area contributed by atoms with Crippen LogP contribution in [0.2, 0.25) is 0 Å². The summed E-state index contributed by atoms with van der Waals surface area (Å²) in [7, 11) is 0. The van der Waals surface area contributed by atoms with E-state index >= 15 is 0 Å². The number of carbonyl (C=O) groups excluding carboxylic acids is 1. The summed E-state index contributed by atoms with van der Waals surface area (Å²) in [6, 6.07) is 0. The van der Waals surface area contributed by atoms with E-state index < -0.39 is 0 Å². The zero-order valence-corrected chi connectivity index (χ0v) is 7.18. The molecule has 0 heterocycles. The standard InChI is InChI=1S/C10H16O/c1-7-5-6-9-8(7)3-2-4-10(9)11/h7-9H,2-6H2,1H3/t7-,8?,9?/m1/s1. The van der Waals surface area contributed by atoms with Crippen LogP contribution in [0.3, 0.4) is 0 Å². The van der Waals surface area contributed by atoms with Crippen LogP contribution in [-0.2, 0) is 4.79 Å². The fourth-order valence-electron chi connectivity index (χ4n) is 2.85. The van der Waals surface area contributed by atoms with E-state index in [1.807, 2.05) is 0 Å². The minimum Gasteiger partial charge on any atom is -0.299 e. The summed E-state index contributed by atoms with van der Waals surface area (Å²) < 4.78 is 0. The second-order valence-electron chi connectivity index (χ2n) is 4.18. The van der Waals surface area contributed by atoms with Gasteiger partial charge in [-0.15, -0.1) is 0 Å². The molecule has 2 aliphatic rings. The van der Waals surface area contributed by atoms with Gasteiger partial charge in [-0.05, 0) is 37.5 Å². The monoisotopic (exact) mass is 152 g/mol. The quantitative estimate of drug-likeness (QED) is 0.521. The molecule has 2 saturated carbocycles. The number of hydrogen-bond acceptors (Lipinski definition) is 1. The van der Waals surface area contributed by atoms with Crippen LogP contribution in [0.4, 0.5) is 0 Å². The highest BCUT2D eigenvalue weighted by atomic mass is 16.1. The largest absolute Gasteiger partial charge is 0.299 e. The minimum absolute atomic E-state index is 0.471. The molecule has 11 heavy (non-hydrogen) atoms. The average molecular weight is 152 g/mol. The Labute approximate surface area is 68.2 Å². The van der Waals surface area contributed by atoms with Gasteiger partial charge in [-0.2, -0.15) is 0 Å². The first-order valence-electron chi connectivity index (χ1n) is 4.82. The maximum atomic E-state index is 11.4. The number of ketones is 1. The minimum atomic E-state index is 0.471. The Morgan fingerprint density at radius 3 is 2.82 bits per heavy atom. The Morgan fingerprint density at radius 2 is 2.09 bits per heavy atom. The lowest BCUT2D eigenvalue weighted by Gasteiger charge is -2.26. The predicted molar refractivity (Wildman–Crippen MR) is 44.2 cm³/mol. The highest BCUT2D eigenvalue weighted by molar-refractivity contribution is 5.82. The van der Waals surface area contributed by atoms with E-state index in [0.29, 0.717) is 11.7 Å². The Bertz CT molecular complexity index is 174. The van der Waals surface area contributed by atoms with E-state index in [0.717, 1.165) is 24.7 Å². The first-order chi connectivity index (χ1) is 5.29. The van der Waals surface area contributed by atoms with E-state index in [-0.39, 0.29) is 0 Å². The molecule has 2 rings (SSSR count). The molecule has 0 amide bonds. The summed E-state index contributed by atoms with van der Waals surface area (Å²) in [4.78, 5) is 11.4. The van der Waals surface area contributed by atoms with Gasteiger partial charge in [-0.25, -0.2) is 0 Å². The zero-order valence-electron chi connectivity index (χ0n) is 7.18. The summed E-state index contributed by atoms with van der Waals surface area (Å²) in [6.07, 6.45) is 5.82. The number of Topliss-reactive ketones (excluding diaryl/α,β-unsaturated/α-hetero) is 1. The Balaban J connectivity index is 2.13. The van der Waals surface area contributed by atoms with Crippen molar-refractivity contribution in [1.29, 1.82) is 0 Å². The van der Waals surface area contributed by atoms with Crippen LogP contribution in [0.1, 0.15) is 39.0 Å². The van der Waals surface area contributed by atoms with E-state index in [4.69, 9.17) is 0 Å². The molecule has 0 N–H and O–H groups in total. The van der Waals surface area contributed by atoms with E-state index in [9.17, 15) is 4.79 Å². The molecular formula is C10H16O. The molecule has 1 heteroatoms. The third-order valence-electron chi connectivity index (χ3n) is 3.55. The molecule has 3 atom stereocenters. The van der Waals surface area contributed by atoms with Gasteiger partial charge >= 0.3 is 0 Å². The van der Waals surface area contributed by atoms with Crippen molar-refractivity contribution in [3.8, 4) is 0 Å². The normalized spacial score (nSPS) is 44.1. The highest BCUT2D eigenvalue weighted by Crippen LogP contribution is 2.43. The third kappa shape index (κ3) is 1.11. The number of carbonyl (C=O) groups is 1. The van der Waals surface area contributed by atoms with Gasteiger partial charge in [0.15, 0.2) is 0 Å². The number of rotatable bonds is 0. The van der Waals surface area contributed by atoms with Gasteiger partial charge in [-0.1, -0.05) is 6.92 Å². The maximum Gasteiger partial charge on any atom is 0.136 e. The highest BCUT2D eigenvalue weighted by Gasteiger charge is 2.39. The van der Waals surface area contributed by atoms with Gasteiger partial charge in [0, 0.05) is 12.3 Å². The van der Waals surface area contributed by atoms with Crippen molar-refractivity contribution in [2.24, 2.45) is 17.8 Å². The summed E-state index contributed by atoms with van der Waals surface area (Å²) in [5, 5.41) is 0. The Hall–Kier alpha value is -0.330. The smallest absolute Gasteiger partial charge is 0.136 e. The zero-order chi connectivity index (χ0) is 7.84. The molecule has 0 spiro atoms. The number of hydrogen-bond donors (Lipinski definition) is 0. The molecule has 62 valence electrons. The molecule has 2 unspecified atom stereocenters. The second-order valence-corrected chi connectivity index (χ2v) is 4.18. The maximum absolute atomic E-state index is 11.4. The molecule has 0 saturated heterocycles. The van der Waals surface area contributed by atoms with Gasteiger partial charge in [0.05, 0.1) is 0 Å². The molecule has 0 radical (unpaired) electrons. The summed E-state index contributed by atoms with van der Waals surface area (Å²) in [5.74, 6) is 2.62. The molecule has 1 nitrogen and oxygen atoms in total. The topological polar surface area (TPSA) is 17.1 Å². The van der Waals surface area contributed by atoms with Crippen LogP contribution >= 0.6 is 0 Å². The van der Waals surface area contributed by atoms with Crippen LogP contribution in [0.15, 0.2) is 0 Å². The molecule has 2 aliphatic carbocycles. The second kappa shape index (κ2) is 2.62. The lowest BCUT2D eigenvalue weighted by Crippen LogP contribution is -2.26. The third-order valence-corrected chi connectivity index (χ3v) is 3.55. The lowest BCUT2D eigenvalue weighted by molar-refractivity contribution is -0.126. The van der Waals surface area contributed by atoms with Crippen molar-refractivity contribution in [1.82, 2.24) is 0 Å². The molecule has 0 bridgehead atoms. The fourth-order valence-corrected chi connectivity index (χ4v) is 2.85. The Kier molecular flexibility index (Phi) is 1.74. The van der Waals surface area contributed by atoms with Crippen LogP contribution in [0, 0.1) is 17.8 Å². The van der Waals surface area contributed by atoms with E-state index in [1.165, 1.54) is 19.3 Å². The molecule has 2 fully saturated rings. The lowest BCUT2D eigenvalue weighted by atomic mass is 9.78. The van der Waals surface area contributed by atoms with Gasteiger partial charge in [0.25, 0.3) is 0 Å². The van der Waals surface area contributed by atoms with Gasteiger partial charge < -0.3 is 0 Å². The van der Waals surface area contributed by atoms with Crippen molar-refractivity contribution in [2.75, 3.05) is 0 Å². The van der Waals surface area contributed by atoms with Crippen molar-refractivity contribution in [2.45, 2.75) is 39.0 Å². The first kappa shape index (κ1) is 7.33. The fraction of sp³-hybridized carbons (Fsp3) is 0.900. The van der Waals surface area contributed by atoms with Gasteiger partial charge in [-0.3, -0.25) is 4.79 Å². The van der Waals surface area contributed by atoms with E-state index in [2.05, 4.69) is 6.92 Å².